The first-order chi connectivity index (χ1) is 15.4. The number of nitriles is 1. The van der Waals surface area contributed by atoms with Gasteiger partial charge >= 0.3 is 6.18 Å². The van der Waals surface area contributed by atoms with E-state index in [1.807, 2.05) is 36.6 Å². The second-order valence-electron chi connectivity index (χ2n) is 7.85. The molecule has 0 radical (unpaired) electrons. The molecule has 1 fully saturated rings. The van der Waals surface area contributed by atoms with E-state index in [2.05, 4.69) is 15.6 Å². The molecule has 2 N–H and O–H groups in total. The molecule has 2 aromatic rings. The lowest BCUT2D eigenvalue weighted by Gasteiger charge is -2.46. The Morgan fingerprint density at radius 1 is 1.25 bits per heavy atom. The minimum atomic E-state index is -4.42. The van der Waals surface area contributed by atoms with Crippen molar-refractivity contribution in [2.45, 2.75) is 37.3 Å². The standard InChI is InChI=1S/C23H23F3N4OS/c1-32-22(29-13-27)28-12-16-8-9-17-20(14-5-3-2-4-6-14)30-19-10-7-15(23(24,25)26)11-18(19)21(17)31-16/h2-7,10-11,16-17,20-21,30H,8-9,12H2,1H3,(H,28,29)/t16-,17+,20+,21+/m1/s1. The molecule has 2 aliphatic rings. The number of aliphatic imine (C=N–C) groups is 1. The summed E-state index contributed by atoms with van der Waals surface area (Å²) in [6.45, 7) is 0.433. The zero-order valence-electron chi connectivity index (χ0n) is 17.4. The van der Waals surface area contributed by atoms with Crippen LogP contribution in [0.4, 0.5) is 18.9 Å². The fourth-order valence-corrected chi connectivity index (χ4v) is 4.84. The highest BCUT2D eigenvalue weighted by atomic mass is 32.2. The van der Waals surface area contributed by atoms with E-state index in [0.717, 1.165) is 24.5 Å². The summed E-state index contributed by atoms with van der Waals surface area (Å²) in [5.74, 6) is -0.00238. The van der Waals surface area contributed by atoms with E-state index in [9.17, 15) is 13.2 Å². The van der Waals surface area contributed by atoms with Gasteiger partial charge in [-0.05, 0) is 42.9 Å². The van der Waals surface area contributed by atoms with E-state index in [4.69, 9.17) is 10.00 Å². The number of nitrogens with zero attached hydrogens (tertiary/aromatic N) is 2. The Bertz CT molecular complexity index is 1020. The molecule has 168 valence electrons. The van der Waals surface area contributed by atoms with Crippen LogP contribution in [0.15, 0.2) is 53.5 Å². The summed E-state index contributed by atoms with van der Waals surface area (Å²) in [5, 5.41) is 15.8. The van der Waals surface area contributed by atoms with Crippen LogP contribution in [0.25, 0.3) is 0 Å². The number of alkyl halides is 3. The Balaban J connectivity index is 1.64. The van der Waals surface area contributed by atoms with Crippen LogP contribution < -0.4 is 10.6 Å². The maximum atomic E-state index is 13.4. The maximum Gasteiger partial charge on any atom is 0.416 e. The number of halogens is 3. The normalized spacial score (nSPS) is 25.2. The molecule has 0 amide bonds. The lowest BCUT2D eigenvalue weighted by molar-refractivity contribution is -0.138. The van der Waals surface area contributed by atoms with Gasteiger partial charge < -0.3 is 15.4 Å². The fraction of sp³-hybridized carbons (Fsp3) is 0.391. The third-order valence-corrected chi connectivity index (χ3v) is 6.58. The average molecular weight is 461 g/mol. The maximum absolute atomic E-state index is 13.4. The van der Waals surface area contributed by atoms with Crippen molar-refractivity contribution < 1.29 is 17.9 Å². The first-order valence-corrected chi connectivity index (χ1v) is 11.6. The monoisotopic (exact) mass is 460 g/mol. The van der Waals surface area contributed by atoms with Crippen LogP contribution in [0.1, 0.15) is 41.7 Å². The summed E-state index contributed by atoms with van der Waals surface area (Å²) in [7, 11) is 0. The van der Waals surface area contributed by atoms with Gasteiger partial charge in [-0.2, -0.15) is 18.4 Å². The highest BCUT2D eigenvalue weighted by Crippen LogP contribution is 2.51. The van der Waals surface area contributed by atoms with Gasteiger partial charge in [0.2, 0.25) is 6.19 Å². The minimum absolute atomic E-state index is 0.00238. The lowest BCUT2D eigenvalue weighted by atomic mass is 9.76. The van der Waals surface area contributed by atoms with Crippen LogP contribution in [0.2, 0.25) is 0 Å². The summed E-state index contributed by atoms with van der Waals surface area (Å²) in [4.78, 5) is 3.72. The van der Waals surface area contributed by atoms with Crippen LogP contribution in [0.3, 0.4) is 0 Å². The number of hydrogen-bond donors (Lipinski definition) is 2. The largest absolute Gasteiger partial charge is 0.416 e. The molecule has 0 bridgehead atoms. The molecular formula is C23H23F3N4OS. The molecule has 32 heavy (non-hydrogen) atoms. The van der Waals surface area contributed by atoms with E-state index in [1.54, 1.807) is 6.19 Å². The van der Waals surface area contributed by atoms with Crippen LogP contribution in [-0.2, 0) is 10.9 Å². The second kappa shape index (κ2) is 9.43. The molecular weight excluding hydrogens is 437 g/mol. The fourth-order valence-electron chi connectivity index (χ4n) is 4.48. The van der Waals surface area contributed by atoms with E-state index in [-0.39, 0.29) is 18.1 Å². The first-order valence-electron chi connectivity index (χ1n) is 10.3. The molecule has 4 rings (SSSR count). The molecule has 0 unspecified atom stereocenters. The predicted octanol–water partition coefficient (Wildman–Crippen LogP) is 5.50. The molecule has 0 spiro atoms. The molecule has 0 aliphatic carbocycles. The molecule has 0 aromatic heterocycles. The summed E-state index contributed by atoms with van der Waals surface area (Å²) < 4.78 is 46.6. The number of amidine groups is 1. The molecule has 2 aliphatic heterocycles. The Morgan fingerprint density at radius 3 is 2.72 bits per heavy atom. The quantitative estimate of drug-likeness (QED) is 0.360. The molecule has 1 saturated heterocycles. The smallest absolute Gasteiger partial charge is 0.378 e. The van der Waals surface area contributed by atoms with E-state index in [0.29, 0.717) is 23.0 Å². The highest BCUT2D eigenvalue weighted by Gasteiger charge is 2.43. The van der Waals surface area contributed by atoms with Crippen molar-refractivity contribution >= 4 is 22.6 Å². The van der Waals surface area contributed by atoms with Crippen molar-refractivity contribution in [3.8, 4) is 6.19 Å². The van der Waals surface area contributed by atoms with Gasteiger partial charge in [0.25, 0.3) is 0 Å². The molecule has 0 saturated carbocycles. The van der Waals surface area contributed by atoms with E-state index < -0.39 is 17.8 Å². The number of nitrogens with one attached hydrogen (secondary N) is 2. The van der Waals surface area contributed by atoms with Crippen molar-refractivity contribution in [3.05, 3.63) is 65.2 Å². The van der Waals surface area contributed by atoms with E-state index >= 15 is 0 Å². The zero-order chi connectivity index (χ0) is 22.7. The van der Waals surface area contributed by atoms with Gasteiger partial charge in [0.1, 0.15) is 0 Å². The topological polar surface area (TPSA) is 69.4 Å². The van der Waals surface area contributed by atoms with Crippen LogP contribution in [-0.4, -0.2) is 24.1 Å². The van der Waals surface area contributed by atoms with E-state index in [1.165, 1.54) is 23.9 Å². The number of thioether (sulfide) groups is 1. The summed E-state index contributed by atoms with van der Waals surface area (Å²) in [6.07, 6.45) is 0.0259. The number of ether oxygens (including phenoxy) is 1. The summed E-state index contributed by atoms with van der Waals surface area (Å²) in [6, 6.07) is 13.7. The van der Waals surface area contributed by atoms with Crippen molar-refractivity contribution in [2.24, 2.45) is 10.9 Å². The molecule has 9 heteroatoms. The third kappa shape index (κ3) is 4.71. The predicted molar refractivity (Wildman–Crippen MR) is 119 cm³/mol. The van der Waals surface area contributed by atoms with Crippen molar-refractivity contribution in [1.82, 2.24) is 5.32 Å². The van der Waals surface area contributed by atoms with Crippen LogP contribution in [0, 0.1) is 17.4 Å². The number of anilines is 1. The number of benzene rings is 2. The van der Waals surface area contributed by atoms with Crippen molar-refractivity contribution in [2.75, 3.05) is 18.1 Å². The van der Waals surface area contributed by atoms with Gasteiger partial charge in [0.05, 0.1) is 23.8 Å². The average Bonchev–Trinajstić information content (AvgIpc) is 2.80. The molecule has 2 aromatic carbocycles. The molecule has 2 heterocycles. The SMILES string of the molecule is CS/C(=N/C#N)NC[C@H]1CC[C@@H]2[C@H](O1)c1cc(C(F)(F)F)ccc1N[C@H]2c1ccccc1. The zero-order valence-corrected chi connectivity index (χ0v) is 18.2. The molecule has 4 atom stereocenters. The Labute approximate surface area is 189 Å². The highest BCUT2D eigenvalue weighted by molar-refractivity contribution is 8.13. The number of fused-ring (bicyclic) bond motifs is 3. The van der Waals surface area contributed by atoms with Crippen molar-refractivity contribution in [1.29, 1.82) is 5.26 Å². The van der Waals surface area contributed by atoms with Gasteiger partial charge in [-0.1, -0.05) is 42.1 Å². The van der Waals surface area contributed by atoms with Crippen molar-refractivity contribution in [3.63, 3.8) is 0 Å². The minimum Gasteiger partial charge on any atom is -0.378 e. The van der Waals surface area contributed by atoms with Gasteiger partial charge in [-0.15, -0.1) is 4.99 Å². The second-order valence-corrected chi connectivity index (χ2v) is 8.65. The van der Waals surface area contributed by atoms with Crippen LogP contribution in [0.5, 0.6) is 0 Å². The number of rotatable bonds is 3. The summed E-state index contributed by atoms with van der Waals surface area (Å²) in [5.41, 5.74) is 1.61. The Morgan fingerprint density at radius 2 is 2.03 bits per heavy atom. The van der Waals surface area contributed by atoms with Gasteiger partial charge in [-0.3, -0.25) is 0 Å². The van der Waals surface area contributed by atoms with Gasteiger partial charge in [0, 0.05) is 23.7 Å². The van der Waals surface area contributed by atoms with Crippen LogP contribution >= 0.6 is 11.8 Å². The first kappa shape index (κ1) is 22.5. The Hall–Kier alpha value is -2.70. The van der Waals surface area contributed by atoms with Gasteiger partial charge in [-0.25, -0.2) is 0 Å². The molecule has 5 nitrogen and oxygen atoms in total. The lowest BCUT2D eigenvalue weighted by Crippen LogP contribution is -2.42. The Kier molecular flexibility index (Phi) is 6.63. The number of hydrogen-bond acceptors (Lipinski definition) is 5. The third-order valence-electron chi connectivity index (χ3n) is 5.96. The van der Waals surface area contributed by atoms with Gasteiger partial charge in [0.15, 0.2) is 5.17 Å². The summed E-state index contributed by atoms with van der Waals surface area (Å²) >= 11 is 1.32.